The highest BCUT2D eigenvalue weighted by atomic mass is 28.4. The van der Waals surface area contributed by atoms with Crippen molar-refractivity contribution in [1.82, 2.24) is 0 Å². The molecule has 0 aliphatic rings. The average molecular weight is 341 g/mol. The standard InChI is InChI=1S/C13H32O6Si2/c1-20(2,3)19-21(4,5)8-6-7-18-10-12(16)13(17)11(15)9-14/h11-17H,6-10H2,1-5H3. The van der Waals surface area contributed by atoms with Gasteiger partial charge >= 0.3 is 0 Å². The van der Waals surface area contributed by atoms with E-state index in [1.54, 1.807) is 0 Å². The Morgan fingerprint density at radius 1 is 0.952 bits per heavy atom. The number of hydrogen-bond acceptors (Lipinski definition) is 6. The van der Waals surface area contributed by atoms with E-state index in [1.165, 1.54) is 0 Å². The Kier molecular flexibility index (Phi) is 9.45. The Bertz CT molecular complexity index is 282. The molecule has 0 amide bonds. The fourth-order valence-corrected chi connectivity index (χ4v) is 10.2. The van der Waals surface area contributed by atoms with Crippen molar-refractivity contribution in [2.24, 2.45) is 0 Å². The Morgan fingerprint density at radius 3 is 2.00 bits per heavy atom. The summed E-state index contributed by atoms with van der Waals surface area (Å²) in [6, 6.07) is 0.981. The number of aliphatic hydroxyl groups is 4. The van der Waals surface area contributed by atoms with Crippen molar-refractivity contribution in [1.29, 1.82) is 0 Å². The summed E-state index contributed by atoms with van der Waals surface area (Å²) >= 11 is 0. The average Bonchev–Trinajstić information content (AvgIpc) is 2.33. The van der Waals surface area contributed by atoms with E-state index in [9.17, 15) is 15.3 Å². The van der Waals surface area contributed by atoms with Gasteiger partial charge < -0.3 is 29.3 Å². The Balaban J connectivity index is 3.86. The zero-order chi connectivity index (χ0) is 16.7. The summed E-state index contributed by atoms with van der Waals surface area (Å²) in [6.45, 7) is 10.8. The molecular weight excluding hydrogens is 308 g/mol. The molecule has 0 bridgehead atoms. The number of hydrogen-bond donors (Lipinski definition) is 4. The fourth-order valence-electron chi connectivity index (χ4n) is 2.15. The van der Waals surface area contributed by atoms with Crippen molar-refractivity contribution in [3.05, 3.63) is 0 Å². The van der Waals surface area contributed by atoms with Gasteiger partial charge in [-0.05, 0) is 45.2 Å². The van der Waals surface area contributed by atoms with Crippen LogP contribution in [0.3, 0.4) is 0 Å². The molecule has 0 saturated carbocycles. The SMILES string of the molecule is C[Si](C)(C)O[Si](C)(C)CCCOCC(O)C(O)C(O)CO. The van der Waals surface area contributed by atoms with Crippen LogP contribution >= 0.6 is 0 Å². The highest BCUT2D eigenvalue weighted by Crippen LogP contribution is 2.19. The first-order chi connectivity index (χ1) is 9.48. The summed E-state index contributed by atoms with van der Waals surface area (Å²) in [6.07, 6.45) is -3.10. The Hall–Kier alpha value is 0.194. The summed E-state index contributed by atoms with van der Waals surface area (Å²) < 4.78 is 11.5. The van der Waals surface area contributed by atoms with E-state index in [4.69, 9.17) is 14.0 Å². The summed E-state index contributed by atoms with van der Waals surface area (Å²) in [4.78, 5) is 0. The molecule has 8 heteroatoms. The molecule has 21 heavy (non-hydrogen) atoms. The van der Waals surface area contributed by atoms with Crippen LogP contribution < -0.4 is 0 Å². The third-order valence-electron chi connectivity index (χ3n) is 2.91. The maximum atomic E-state index is 9.57. The molecule has 0 aromatic carbocycles. The molecule has 0 heterocycles. The van der Waals surface area contributed by atoms with E-state index in [-0.39, 0.29) is 6.61 Å². The van der Waals surface area contributed by atoms with Crippen LogP contribution in [0.5, 0.6) is 0 Å². The van der Waals surface area contributed by atoms with Crippen LogP contribution in [0.2, 0.25) is 38.8 Å². The third-order valence-corrected chi connectivity index (χ3v) is 9.13. The molecule has 0 aliphatic carbocycles. The first-order valence-electron chi connectivity index (χ1n) is 7.41. The highest BCUT2D eigenvalue weighted by Gasteiger charge is 2.29. The topological polar surface area (TPSA) is 99.4 Å². The lowest BCUT2D eigenvalue weighted by atomic mass is 10.1. The number of aliphatic hydroxyl groups excluding tert-OH is 4. The van der Waals surface area contributed by atoms with Crippen LogP contribution in [0.4, 0.5) is 0 Å². The van der Waals surface area contributed by atoms with E-state index in [2.05, 4.69) is 32.7 Å². The van der Waals surface area contributed by atoms with Gasteiger partial charge in [-0.2, -0.15) is 0 Å². The van der Waals surface area contributed by atoms with Gasteiger partial charge in [0.2, 0.25) is 0 Å². The fraction of sp³-hybridized carbons (Fsp3) is 1.00. The smallest absolute Gasteiger partial charge is 0.173 e. The van der Waals surface area contributed by atoms with Gasteiger partial charge in [-0.25, -0.2) is 0 Å². The van der Waals surface area contributed by atoms with Crippen molar-refractivity contribution in [3.8, 4) is 0 Å². The predicted molar refractivity (Wildman–Crippen MR) is 87.3 cm³/mol. The van der Waals surface area contributed by atoms with Crippen molar-refractivity contribution in [3.63, 3.8) is 0 Å². The lowest BCUT2D eigenvalue weighted by Crippen LogP contribution is -2.42. The van der Waals surface area contributed by atoms with Gasteiger partial charge in [0.1, 0.15) is 18.3 Å². The van der Waals surface area contributed by atoms with Crippen LogP contribution in [-0.4, -0.2) is 75.2 Å². The molecule has 0 fully saturated rings. The summed E-state index contributed by atoms with van der Waals surface area (Å²) in [5.41, 5.74) is 0. The van der Waals surface area contributed by atoms with Crippen molar-refractivity contribution < 1.29 is 29.3 Å². The molecule has 0 radical (unpaired) electrons. The van der Waals surface area contributed by atoms with Gasteiger partial charge in [0.15, 0.2) is 16.6 Å². The van der Waals surface area contributed by atoms with Gasteiger partial charge in [0, 0.05) is 6.61 Å². The molecule has 3 atom stereocenters. The molecular formula is C13H32O6Si2. The molecule has 0 rings (SSSR count). The second-order valence-corrected chi connectivity index (χ2v) is 16.0. The van der Waals surface area contributed by atoms with E-state index >= 15 is 0 Å². The Morgan fingerprint density at radius 2 is 1.52 bits per heavy atom. The number of ether oxygens (including phenoxy) is 1. The first-order valence-corrected chi connectivity index (χ1v) is 13.9. The van der Waals surface area contributed by atoms with Crippen LogP contribution in [0, 0.1) is 0 Å². The molecule has 128 valence electrons. The van der Waals surface area contributed by atoms with Crippen molar-refractivity contribution in [2.45, 2.75) is 63.5 Å². The quantitative estimate of drug-likeness (QED) is 0.323. The molecule has 0 aromatic rings. The first kappa shape index (κ1) is 21.2. The van der Waals surface area contributed by atoms with Gasteiger partial charge in [-0.3, -0.25) is 0 Å². The minimum Gasteiger partial charge on any atom is -0.456 e. The van der Waals surface area contributed by atoms with E-state index in [1.807, 2.05) is 0 Å². The zero-order valence-electron chi connectivity index (χ0n) is 13.9. The molecule has 0 spiro atoms. The van der Waals surface area contributed by atoms with Crippen LogP contribution in [0.1, 0.15) is 6.42 Å². The maximum absolute atomic E-state index is 9.57. The van der Waals surface area contributed by atoms with Gasteiger partial charge in [-0.1, -0.05) is 0 Å². The van der Waals surface area contributed by atoms with Crippen LogP contribution in [0.25, 0.3) is 0 Å². The molecule has 4 N–H and O–H groups in total. The van der Waals surface area contributed by atoms with Gasteiger partial charge in [0.25, 0.3) is 0 Å². The molecule has 6 nitrogen and oxygen atoms in total. The van der Waals surface area contributed by atoms with Crippen LogP contribution in [-0.2, 0) is 8.85 Å². The van der Waals surface area contributed by atoms with E-state index < -0.39 is 41.6 Å². The lowest BCUT2D eigenvalue weighted by molar-refractivity contribution is -0.0995. The predicted octanol–water partition coefficient (Wildman–Crippen LogP) is 0.525. The van der Waals surface area contributed by atoms with Gasteiger partial charge in [0.05, 0.1) is 13.2 Å². The largest absolute Gasteiger partial charge is 0.456 e. The molecule has 3 unspecified atom stereocenters. The minimum atomic E-state index is -1.66. The van der Waals surface area contributed by atoms with E-state index in [0.29, 0.717) is 6.61 Å². The van der Waals surface area contributed by atoms with Crippen molar-refractivity contribution >= 4 is 16.6 Å². The van der Waals surface area contributed by atoms with Gasteiger partial charge in [-0.15, -0.1) is 0 Å². The summed E-state index contributed by atoms with van der Waals surface area (Å²) in [5.74, 6) is 0. The number of rotatable bonds is 11. The lowest BCUT2D eigenvalue weighted by Gasteiger charge is -2.31. The summed E-state index contributed by atoms with van der Waals surface area (Å²) in [5, 5.41) is 36.9. The zero-order valence-corrected chi connectivity index (χ0v) is 15.9. The summed E-state index contributed by atoms with van der Waals surface area (Å²) in [7, 11) is -3.18. The highest BCUT2D eigenvalue weighted by molar-refractivity contribution is 6.84. The van der Waals surface area contributed by atoms with Crippen molar-refractivity contribution in [2.75, 3.05) is 19.8 Å². The third kappa shape index (κ3) is 10.5. The van der Waals surface area contributed by atoms with Crippen LogP contribution in [0.15, 0.2) is 0 Å². The monoisotopic (exact) mass is 340 g/mol. The van der Waals surface area contributed by atoms with E-state index in [0.717, 1.165) is 12.5 Å². The minimum absolute atomic E-state index is 0.0604. The normalized spacial score (nSPS) is 17.6. The second kappa shape index (κ2) is 9.36. The second-order valence-electron chi connectivity index (χ2n) is 6.96. The molecule has 0 aromatic heterocycles. The maximum Gasteiger partial charge on any atom is 0.173 e. The molecule has 0 saturated heterocycles. The Labute approximate surface area is 130 Å². The molecule has 0 aliphatic heterocycles.